The van der Waals surface area contributed by atoms with Gasteiger partial charge in [-0.15, -0.1) is 0 Å². The SMILES string of the molecule is CCNC(Cc1ccc(Cl)c(Cl)c1)c1ncccc1Cl. The van der Waals surface area contributed by atoms with Crippen molar-refractivity contribution in [2.45, 2.75) is 19.4 Å². The summed E-state index contributed by atoms with van der Waals surface area (Å²) in [4.78, 5) is 4.38. The normalized spacial score (nSPS) is 12.4. The monoisotopic (exact) mass is 328 g/mol. The van der Waals surface area contributed by atoms with Gasteiger partial charge in [-0.3, -0.25) is 4.98 Å². The van der Waals surface area contributed by atoms with Crippen molar-refractivity contribution >= 4 is 34.8 Å². The van der Waals surface area contributed by atoms with Crippen molar-refractivity contribution in [1.29, 1.82) is 0 Å². The lowest BCUT2D eigenvalue weighted by molar-refractivity contribution is 0.537. The fraction of sp³-hybridized carbons (Fsp3) is 0.267. The largest absolute Gasteiger partial charge is 0.309 e. The van der Waals surface area contributed by atoms with E-state index in [2.05, 4.69) is 17.2 Å². The van der Waals surface area contributed by atoms with Crippen molar-refractivity contribution in [3.63, 3.8) is 0 Å². The molecular formula is C15H15Cl3N2. The summed E-state index contributed by atoms with van der Waals surface area (Å²) >= 11 is 18.2. The number of nitrogens with zero attached hydrogens (tertiary/aromatic N) is 1. The first-order valence-electron chi connectivity index (χ1n) is 6.39. The number of aromatic nitrogens is 1. The fourth-order valence-electron chi connectivity index (χ4n) is 2.07. The van der Waals surface area contributed by atoms with Crippen LogP contribution in [0.4, 0.5) is 0 Å². The van der Waals surface area contributed by atoms with Crippen LogP contribution in [0, 0.1) is 0 Å². The number of pyridine rings is 1. The molecule has 0 bridgehead atoms. The van der Waals surface area contributed by atoms with Crippen LogP contribution >= 0.6 is 34.8 Å². The average Bonchev–Trinajstić information content (AvgIpc) is 2.43. The molecule has 0 saturated heterocycles. The third-order valence-corrected chi connectivity index (χ3v) is 4.05. The maximum Gasteiger partial charge on any atom is 0.0762 e. The Balaban J connectivity index is 2.25. The summed E-state index contributed by atoms with van der Waals surface area (Å²) < 4.78 is 0. The molecule has 0 radical (unpaired) electrons. The van der Waals surface area contributed by atoms with Crippen LogP contribution in [0.25, 0.3) is 0 Å². The molecule has 106 valence electrons. The summed E-state index contributed by atoms with van der Waals surface area (Å²) in [6, 6.07) is 9.38. The summed E-state index contributed by atoms with van der Waals surface area (Å²) in [5, 5.41) is 5.19. The van der Waals surface area contributed by atoms with Crippen LogP contribution in [0.15, 0.2) is 36.5 Å². The number of halogens is 3. The van der Waals surface area contributed by atoms with Gasteiger partial charge < -0.3 is 5.32 Å². The van der Waals surface area contributed by atoms with Crippen LogP contribution in [0.5, 0.6) is 0 Å². The molecule has 1 N–H and O–H groups in total. The first kappa shape index (κ1) is 15.6. The molecule has 0 saturated carbocycles. The Hall–Kier alpha value is -0.800. The predicted octanol–water partition coefficient (Wildman–Crippen LogP) is 4.94. The second kappa shape index (κ2) is 7.28. The van der Waals surface area contributed by atoms with Crippen molar-refractivity contribution in [1.82, 2.24) is 10.3 Å². The molecule has 1 aromatic carbocycles. The van der Waals surface area contributed by atoms with Crippen molar-refractivity contribution in [2.24, 2.45) is 0 Å². The minimum atomic E-state index is 0.0472. The molecule has 0 spiro atoms. The highest BCUT2D eigenvalue weighted by molar-refractivity contribution is 6.42. The second-order valence-corrected chi connectivity index (χ2v) is 5.65. The molecule has 1 aromatic heterocycles. The van der Waals surface area contributed by atoms with Crippen LogP contribution < -0.4 is 5.32 Å². The van der Waals surface area contributed by atoms with Crippen molar-refractivity contribution < 1.29 is 0 Å². The molecule has 0 amide bonds. The van der Waals surface area contributed by atoms with E-state index in [1.54, 1.807) is 6.20 Å². The Morgan fingerprint density at radius 2 is 1.90 bits per heavy atom. The summed E-state index contributed by atoms with van der Waals surface area (Å²) in [7, 11) is 0. The molecule has 0 aliphatic rings. The van der Waals surface area contributed by atoms with Gasteiger partial charge in [0.25, 0.3) is 0 Å². The van der Waals surface area contributed by atoms with E-state index < -0.39 is 0 Å². The number of hydrogen-bond donors (Lipinski definition) is 1. The van der Waals surface area contributed by atoms with E-state index in [0.29, 0.717) is 15.1 Å². The highest BCUT2D eigenvalue weighted by Crippen LogP contribution is 2.27. The number of nitrogens with one attached hydrogen (secondary N) is 1. The third-order valence-electron chi connectivity index (χ3n) is 2.99. The molecule has 0 aliphatic carbocycles. The van der Waals surface area contributed by atoms with E-state index >= 15 is 0 Å². The lowest BCUT2D eigenvalue weighted by atomic mass is 10.0. The summed E-state index contributed by atoms with van der Waals surface area (Å²) in [5.74, 6) is 0. The maximum absolute atomic E-state index is 6.23. The summed E-state index contributed by atoms with van der Waals surface area (Å²) in [6.45, 7) is 2.89. The number of likely N-dealkylation sites (N-methyl/N-ethyl adjacent to an activating group) is 1. The number of hydrogen-bond acceptors (Lipinski definition) is 2. The molecule has 5 heteroatoms. The van der Waals surface area contributed by atoms with Gasteiger partial charge in [-0.2, -0.15) is 0 Å². The molecule has 1 atom stereocenters. The number of rotatable bonds is 5. The Bertz CT molecular complexity index is 587. The van der Waals surface area contributed by atoms with E-state index in [1.807, 2.05) is 30.3 Å². The lowest BCUT2D eigenvalue weighted by Crippen LogP contribution is -2.24. The standard InChI is InChI=1S/C15H15Cl3N2/c1-2-19-14(15-12(17)4-3-7-20-15)9-10-5-6-11(16)13(18)8-10/h3-8,14,19H,2,9H2,1H3. The van der Waals surface area contributed by atoms with Crippen LogP contribution in [0.1, 0.15) is 24.2 Å². The summed E-state index contributed by atoms with van der Waals surface area (Å²) in [5.41, 5.74) is 1.94. The Labute approximate surface area is 134 Å². The van der Waals surface area contributed by atoms with E-state index in [0.717, 1.165) is 24.2 Å². The van der Waals surface area contributed by atoms with Crippen molar-refractivity contribution in [2.75, 3.05) is 6.54 Å². The van der Waals surface area contributed by atoms with Crippen LogP contribution in [-0.2, 0) is 6.42 Å². The van der Waals surface area contributed by atoms with Gasteiger partial charge in [-0.25, -0.2) is 0 Å². The van der Waals surface area contributed by atoms with E-state index in [4.69, 9.17) is 34.8 Å². The van der Waals surface area contributed by atoms with Crippen LogP contribution in [0.3, 0.4) is 0 Å². The highest BCUT2D eigenvalue weighted by Gasteiger charge is 2.16. The van der Waals surface area contributed by atoms with E-state index in [1.165, 1.54) is 0 Å². The average molecular weight is 330 g/mol. The van der Waals surface area contributed by atoms with Crippen LogP contribution in [0.2, 0.25) is 15.1 Å². The first-order chi connectivity index (χ1) is 9.61. The Morgan fingerprint density at radius 3 is 2.55 bits per heavy atom. The minimum Gasteiger partial charge on any atom is -0.309 e. The van der Waals surface area contributed by atoms with Crippen molar-refractivity contribution in [3.05, 3.63) is 62.9 Å². The zero-order valence-electron chi connectivity index (χ0n) is 11.0. The van der Waals surface area contributed by atoms with Gasteiger partial charge in [0, 0.05) is 6.20 Å². The molecule has 20 heavy (non-hydrogen) atoms. The van der Waals surface area contributed by atoms with Gasteiger partial charge in [0.15, 0.2) is 0 Å². The van der Waals surface area contributed by atoms with Crippen LogP contribution in [-0.4, -0.2) is 11.5 Å². The maximum atomic E-state index is 6.23. The molecule has 2 nitrogen and oxygen atoms in total. The zero-order valence-corrected chi connectivity index (χ0v) is 13.3. The Morgan fingerprint density at radius 1 is 1.10 bits per heavy atom. The quantitative estimate of drug-likeness (QED) is 0.841. The molecule has 0 aliphatic heterocycles. The van der Waals surface area contributed by atoms with E-state index in [9.17, 15) is 0 Å². The smallest absolute Gasteiger partial charge is 0.0762 e. The second-order valence-electron chi connectivity index (χ2n) is 4.43. The summed E-state index contributed by atoms with van der Waals surface area (Å²) in [6.07, 6.45) is 2.50. The number of benzene rings is 1. The lowest BCUT2D eigenvalue weighted by Gasteiger charge is -2.18. The molecule has 0 fully saturated rings. The zero-order chi connectivity index (χ0) is 14.5. The molecule has 2 rings (SSSR count). The predicted molar refractivity (Wildman–Crippen MR) is 85.8 cm³/mol. The van der Waals surface area contributed by atoms with Gasteiger partial charge in [-0.1, -0.05) is 47.8 Å². The molecular weight excluding hydrogens is 315 g/mol. The van der Waals surface area contributed by atoms with Gasteiger partial charge in [0.05, 0.1) is 26.8 Å². The highest BCUT2D eigenvalue weighted by atomic mass is 35.5. The fourth-order valence-corrected chi connectivity index (χ4v) is 2.64. The molecule has 2 aromatic rings. The van der Waals surface area contributed by atoms with Crippen molar-refractivity contribution in [3.8, 4) is 0 Å². The van der Waals surface area contributed by atoms with Gasteiger partial charge in [0.2, 0.25) is 0 Å². The minimum absolute atomic E-state index is 0.0472. The Kier molecular flexibility index (Phi) is 5.67. The van der Waals surface area contributed by atoms with Gasteiger partial charge in [-0.05, 0) is 42.8 Å². The van der Waals surface area contributed by atoms with E-state index in [-0.39, 0.29) is 6.04 Å². The molecule has 1 unspecified atom stereocenters. The van der Waals surface area contributed by atoms with Gasteiger partial charge >= 0.3 is 0 Å². The third kappa shape index (κ3) is 3.86. The van der Waals surface area contributed by atoms with Gasteiger partial charge in [0.1, 0.15) is 0 Å². The first-order valence-corrected chi connectivity index (χ1v) is 7.53. The molecule has 1 heterocycles. The topological polar surface area (TPSA) is 24.9 Å².